The summed E-state index contributed by atoms with van der Waals surface area (Å²) in [5.74, 6) is 0. The van der Waals surface area contributed by atoms with Gasteiger partial charge in [-0.15, -0.1) is 0 Å². The van der Waals surface area contributed by atoms with Crippen LogP contribution in [0.2, 0.25) is 0 Å². The van der Waals surface area contributed by atoms with Gasteiger partial charge in [0.15, 0.2) is 0 Å². The van der Waals surface area contributed by atoms with Gasteiger partial charge in [-0.3, -0.25) is 4.90 Å². The number of hydrogen-bond donors (Lipinski definition) is 1. The molecule has 1 saturated carbocycles. The predicted octanol–water partition coefficient (Wildman–Crippen LogP) is 2.84. The molecule has 1 aromatic carbocycles. The summed E-state index contributed by atoms with van der Waals surface area (Å²) in [4.78, 5) is 2.54. The van der Waals surface area contributed by atoms with E-state index < -0.39 is 0 Å². The van der Waals surface area contributed by atoms with E-state index in [-0.39, 0.29) is 0 Å². The third-order valence-electron chi connectivity index (χ3n) is 3.98. The molecule has 112 valence electrons. The Morgan fingerprint density at radius 3 is 2.50 bits per heavy atom. The number of rotatable bonds is 9. The molecule has 0 radical (unpaired) electrons. The molecule has 3 nitrogen and oxygen atoms in total. The normalized spacial score (nSPS) is 16.9. The molecule has 0 aliphatic heterocycles. The minimum atomic E-state index is 0.423. The highest BCUT2D eigenvalue weighted by atomic mass is 16.5. The molecule has 0 aromatic heterocycles. The fraction of sp³-hybridized carbons (Fsp3) is 0.647. The molecule has 20 heavy (non-hydrogen) atoms. The van der Waals surface area contributed by atoms with E-state index in [4.69, 9.17) is 4.74 Å². The fourth-order valence-electron chi connectivity index (χ4n) is 2.64. The molecule has 2 rings (SSSR count). The van der Waals surface area contributed by atoms with Crippen molar-refractivity contribution in [2.45, 2.75) is 44.8 Å². The van der Waals surface area contributed by atoms with Crippen molar-refractivity contribution in [3.8, 4) is 0 Å². The van der Waals surface area contributed by atoms with Crippen LogP contribution in [0.3, 0.4) is 0 Å². The quantitative estimate of drug-likeness (QED) is 0.750. The van der Waals surface area contributed by atoms with E-state index in [9.17, 15) is 0 Å². The average molecular weight is 276 g/mol. The van der Waals surface area contributed by atoms with E-state index in [1.165, 1.54) is 18.4 Å². The number of nitrogens with one attached hydrogen (secondary N) is 1. The lowest BCUT2D eigenvalue weighted by Gasteiger charge is -2.35. The van der Waals surface area contributed by atoms with Gasteiger partial charge in [0.25, 0.3) is 0 Å². The Balaban J connectivity index is 2.09. The molecule has 0 spiro atoms. The van der Waals surface area contributed by atoms with Gasteiger partial charge in [-0.25, -0.2) is 0 Å². The van der Waals surface area contributed by atoms with Crippen molar-refractivity contribution in [1.29, 1.82) is 0 Å². The van der Waals surface area contributed by atoms with Crippen LogP contribution in [0.25, 0.3) is 0 Å². The van der Waals surface area contributed by atoms with Crippen LogP contribution in [0.4, 0.5) is 0 Å². The lowest BCUT2D eigenvalue weighted by molar-refractivity contribution is 0.0943. The molecule has 0 bridgehead atoms. The van der Waals surface area contributed by atoms with Gasteiger partial charge in [0.05, 0.1) is 6.61 Å². The highest BCUT2D eigenvalue weighted by molar-refractivity contribution is 5.20. The first kappa shape index (κ1) is 15.5. The first-order valence-electron chi connectivity index (χ1n) is 7.75. The van der Waals surface area contributed by atoms with E-state index in [0.29, 0.717) is 12.1 Å². The standard InChI is InChI=1S/C17H28N2O/c1-14(2)19(11-12-20-3)17(13-18-16-9-10-16)15-7-5-4-6-8-15/h4-8,14,16-18H,9-13H2,1-3H3. The number of hydrogen-bond acceptors (Lipinski definition) is 3. The van der Waals surface area contributed by atoms with Crippen LogP contribution in [0.15, 0.2) is 30.3 Å². The first-order valence-corrected chi connectivity index (χ1v) is 7.75. The number of benzene rings is 1. The number of methoxy groups -OCH3 is 1. The Labute approximate surface area is 123 Å². The molecule has 1 aliphatic rings. The zero-order valence-electron chi connectivity index (χ0n) is 13.0. The van der Waals surface area contributed by atoms with Crippen molar-refractivity contribution in [1.82, 2.24) is 10.2 Å². The SMILES string of the molecule is COCCN(C(C)C)C(CNC1CC1)c1ccccc1. The van der Waals surface area contributed by atoms with Crippen molar-refractivity contribution in [2.75, 3.05) is 26.8 Å². The van der Waals surface area contributed by atoms with Crippen LogP contribution in [-0.2, 0) is 4.74 Å². The van der Waals surface area contributed by atoms with Gasteiger partial charge >= 0.3 is 0 Å². The van der Waals surface area contributed by atoms with Crippen LogP contribution in [0.1, 0.15) is 38.3 Å². The molecule has 1 N–H and O–H groups in total. The van der Waals surface area contributed by atoms with E-state index in [1.807, 2.05) is 0 Å². The summed E-state index contributed by atoms with van der Waals surface area (Å²) >= 11 is 0. The maximum Gasteiger partial charge on any atom is 0.0590 e. The van der Waals surface area contributed by atoms with Gasteiger partial charge in [-0.2, -0.15) is 0 Å². The van der Waals surface area contributed by atoms with Crippen molar-refractivity contribution in [3.05, 3.63) is 35.9 Å². The predicted molar refractivity (Wildman–Crippen MR) is 83.9 cm³/mol. The monoisotopic (exact) mass is 276 g/mol. The van der Waals surface area contributed by atoms with Crippen molar-refractivity contribution < 1.29 is 4.74 Å². The smallest absolute Gasteiger partial charge is 0.0590 e. The molecule has 1 aliphatic carbocycles. The molecule has 0 amide bonds. The maximum absolute atomic E-state index is 5.28. The molecule has 1 aromatic rings. The van der Waals surface area contributed by atoms with Crippen molar-refractivity contribution in [2.24, 2.45) is 0 Å². The number of ether oxygens (including phenoxy) is 1. The summed E-state index contributed by atoms with van der Waals surface area (Å²) in [5.41, 5.74) is 1.39. The van der Waals surface area contributed by atoms with Gasteiger partial charge in [0, 0.05) is 38.3 Å². The van der Waals surface area contributed by atoms with E-state index in [0.717, 1.165) is 25.7 Å². The van der Waals surface area contributed by atoms with Crippen LogP contribution in [-0.4, -0.2) is 43.8 Å². The molecule has 1 unspecified atom stereocenters. The summed E-state index contributed by atoms with van der Waals surface area (Å²) in [6.07, 6.45) is 2.67. The summed E-state index contributed by atoms with van der Waals surface area (Å²) < 4.78 is 5.28. The highest BCUT2D eigenvalue weighted by Crippen LogP contribution is 2.25. The Kier molecular flexibility index (Phi) is 6.02. The fourth-order valence-corrected chi connectivity index (χ4v) is 2.64. The molecular formula is C17H28N2O. The Bertz CT molecular complexity index is 376. The Morgan fingerprint density at radius 2 is 1.95 bits per heavy atom. The summed E-state index contributed by atoms with van der Waals surface area (Å²) in [7, 11) is 1.78. The molecule has 1 atom stereocenters. The lowest BCUT2D eigenvalue weighted by Crippen LogP contribution is -2.42. The van der Waals surface area contributed by atoms with E-state index >= 15 is 0 Å². The Hall–Kier alpha value is -0.900. The molecule has 3 heteroatoms. The largest absolute Gasteiger partial charge is 0.383 e. The van der Waals surface area contributed by atoms with E-state index in [1.54, 1.807) is 7.11 Å². The summed E-state index contributed by atoms with van der Waals surface area (Å²) in [5, 5.41) is 3.68. The third-order valence-corrected chi connectivity index (χ3v) is 3.98. The van der Waals surface area contributed by atoms with Gasteiger partial charge in [-0.1, -0.05) is 30.3 Å². The Morgan fingerprint density at radius 1 is 1.25 bits per heavy atom. The third kappa shape index (κ3) is 4.58. The number of nitrogens with zero attached hydrogens (tertiary/aromatic N) is 1. The highest BCUT2D eigenvalue weighted by Gasteiger charge is 2.26. The second kappa shape index (κ2) is 7.77. The minimum Gasteiger partial charge on any atom is -0.383 e. The van der Waals surface area contributed by atoms with E-state index in [2.05, 4.69) is 54.4 Å². The van der Waals surface area contributed by atoms with Crippen LogP contribution in [0, 0.1) is 0 Å². The van der Waals surface area contributed by atoms with Crippen LogP contribution < -0.4 is 5.32 Å². The van der Waals surface area contributed by atoms with Crippen molar-refractivity contribution >= 4 is 0 Å². The second-order valence-electron chi connectivity index (χ2n) is 5.93. The zero-order valence-corrected chi connectivity index (χ0v) is 13.0. The van der Waals surface area contributed by atoms with Gasteiger partial charge < -0.3 is 10.1 Å². The van der Waals surface area contributed by atoms with Gasteiger partial charge in [0.1, 0.15) is 0 Å². The van der Waals surface area contributed by atoms with Crippen molar-refractivity contribution in [3.63, 3.8) is 0 Å². The molecule has 0 heterocycles. The van der Waals surface area contributed by atoms with Gasteiger partial charge in [-0.05, 0) is 32.3 Å². The molecule has 0 saturated heterocycles. The minimum absolute atomic E-state index is 0.423. The summed E-state index contributed by atoms with van der Waals surface area (Å²) in [6.45, 7) is 7.31. The molecular weight excluding hydrogens is 248 g/mol. The summed E-state index contributed by atoms with van der Waals surface area (Å²) in [6, 6.07) is 12.5. The maximum atomic E-state index is 5.28. The van der Waals surface area contributed by atoms with Crippen LogP contribution in [0.5, 0.6) is 0 Å². The van der Waals surface area contributed by atoms with Crippen LogP contribution >= 0.6 is 0 Å². The van der Waals surface area contributed by atoms with Gasteiger partial charge in [0.2, 0.25) is 0 Å². The second-order valence-corrected chi connectivity index (χ2v) is 5.93. The topological polar surface area (TPSA) is 24.5 Å². The first-order chi connectivity index (χ1) is 9.72. The zero-order chi connectivity index (χ0) is 14.4. The lowest BCUT2D eigenvalue weighted by atomic mass is 10.0. The average Bonchev–Trinajstić information content (AvgIpc) is 3.27. The molecule has 1 fully saturated rings.